The van der Waals surface area contributed by atoms with Crippen molar-refractivity contribution in [2.24, 2.45) is 5.92 Å². The van der Waals surface area contributed by atoms with Crippen LogP contribution < -0.4 is 0 Å². The molecule has 1 aromatic carbocycles. The second-order valence-electron chi connectivity index (χ2n) is 4.05. The molecule has 80 valence electrons. The Morgan fingerprint density at radius 2 is 2.20 bits per heavy atom. The Kier molecular flexibility index (Phi) is 3.38. The molecule has 0 heterocycles. The fourth-order valence-corrected chi connectivity index (χ4v) is 2.56. The molecule has 1 fully saturated rings. The van der Waals surface area contributed by atoms with Crippen molar-refractivity contribution in [1.29, 1.82) is 0 Å². The predicted molar refractivity (Wildman–Crippen MR) is 65.4 cm³/mol. The van der Waals surface area contributed by atoms with Crippen LogP contribution in [0.4, 0.5) is 4.39 Å². The maximum absolute atomic E-state index is 12.8. The smallest absolute Gasteiger partial charge is 0.164 e. The second kappa shape index (κ2) is 4.60. The lowest BCUT2D eigenvalue weighted by Crippen LogP contribution is -2.16. The molecule has 15 heavy (non-hydrogen) atoms. The lowest BCUT2D eigenvalue weighted by molar-refractivity contribution is 0.0935. The summed E-state index contributed by atoms with van der Waals surface area (Å²) in [5.74, 6) is 0.446. The average Bonchev–Trinajstić information content (AvgIpc) is 2.11. The molecule has 0 N–H and O–H groups in total. The predicted octanol–water partition coefficient (Wildman–Crippen LogP) is 3.80. The van der Waals surface area contributed by atoms with Gasteiger partial charge in [0.05, 0.1) is 0 Å². The fraction of sp³-hybridized carbons (Fsp3) is 0.417. The molecule has 0 radical (unpaired) electrons. The summed E-state index contributed by atoms with van der Waals surface area (Å²) in [4.78, 5) is 11.9. The van der Waals surface area contributed by atoms with Crippen molar-refractivity contribution in [3.05, 3.63) is 33.1 Å². The summed E-state index contributed by atoms with van der Waals surface area (Å²) in [6.07, 6.45) is 4.22. The summed E-state index contributed by atoms with van der Waals surface area (Å²) < 4.78 is 13.6. The van der Waals surface area contributed by atoms with Gasteiger partial charge in [-0.3, -0.25) is 4.79 Å². The summed E-state index contributed by atoms with van der Waals surface area (Å²) in [6, 6.07) is 4.36. The molecule has 0 unspecified atom stereocenters. The molecule has 2 rings (SSSR count). The van der Waals surface area contributed by atoms with Crippen LogP contribution in [0.2, 0.25) is 0 Å². The zero-order chi connectivity index (χ0) is 10.8. The monoisotopic (exact) mass is 318 g/mol. The number of carbonyl (C=O) groups excluding carboxylic acids is 1. The van der Waals surface area contributed by atoms with Gasteiger partial charge in [0, 0.05) is 15.6 Å². The molecule has 0 atom stereocenters. The van der Waals surface area contributed by atoms with Gasteiger partial charge in [-0.25, -0.2) is 4.39 Å². The minimum atomic E-state index is -0.278. The first-order chi connectivity index (χ1) is 7.16. The number of benzene rings is 1. The van der Waals surface area contributed by atoms with Gasteiger partial charge in [0.15, 0.2) is 5.78 Å². The largest absolute Gasteiger partial charge is 0.294 e. The van der Waals surface area contributed by atoms with Crippen LogP contribution in [-0.4, -0.2) is 5.78 Å². The molecule has 1 saturated carbocycles. The molecule has 0 aromatic heterocycles. The van der Waals surface area contributed by atoms with Crippen molar-refractivity contribution in [2.75, 3.05) is 0 Å². The van der Waals surface area contributed by atoms with E-state index in [0.29, 0.717) is 17.9 Å². The number of hydrogen-bond donors (Lipinski definition) is 0. The molecular weight excluding hydrogens is 306 g/mol. The van der Waals surface area contributed by atoms with E-state index in [9.17, 15) is 9.18 Å². The molecule has 1 nitrogen and oxygen atoms in total. The van der Waals surface area contributed by atoms with E-state index in [1.165, 1.54) is 31.4 Å². The first-order valence-electron chi connectivity index (χ1n) is 5.15. The van der Waals surface area contributed by atoms with E-state index in [4.69, 9.17) is 0 Å². The van der Waals surface area contributed by atoms with Crippen LogP contribution in [0.1, 0.15) is 36.0 Å². The first-order valence-corrected chi connectivity index (χ1v) is 6.23. The Balaban J connectivity index is 2.10. The SMILES string of the molecule is O=C(CC1CCC1)c1ccc(F)cc1I. The number of rotatable bonds is 3. The fourth-order valence-electron chi connectivity index (χ4n) is 1.78. The minimum absolute atomic E-state index is 0.157. The van der Waals surface area contributed by atoms with Gasteiger partial charge in [-0.2, -0.15) is 0 Å². The van der Waals surface area contributed by atoms with Crippen molar-refractivity contribution in [1.82, 2.24) is 0 Å². The zero-order valence-corrected chi connectivity index (χ0v) is 10.5. The van der Waals surface area contributed by atoms with E-state index < -0.39 is 0 Å². The van der Waals surface area contributed by atoms with E-state index in [-0.39, 0.29) is 11.6 Å². The molecule has 0 spiro atoms. The van der Waals surface area contributed by atoms with E-state index in [1.807, 2.05) is 22.6 Å². The van der Waals surface area contributed by atoms with E-state index in [2.05, 4.69) is 0 Å². The summed E-state index contributed by atoms with van der Waals surface area (Å²) >= 11 is 2.02. The third kappa shape index (κ3) is 2.56. The minimum Gasteiger partial charge on any atom is -0.294 e. The lowest BCUT2D eigenvalue weighted by atomic mass is 9.81. The van der Waals surface area contributed by atoms with Crippen LogP contribution in [0.25, 0.3) is 0 Å². The summed E-state index contributed by atoms with van der Waals surface area (Å²) in [7, 11) is 0. The van der Waals surface area contributed by atoms with Crippen LogP contribution in [-0.2, 0) is 0 Å². The summed E-state index contributed by atoms with van der Waals surface area (Å²) in [5, 5.41) is 0. The quantitative estimate of drug-likeness (QED) is 0.612. The molecule has 0 bridgehead atoms. The molecule has 3 heteroatoms. The lowest BCUT2D eigenvalue weighted by Gasteiger charge is -2.24. The number of halogens is 2. The van der Waals surface area contributed by atoms with Gasteiger partial charge in [0.25, 0.3) is 0 Å². The Morgan fingerprint density at radius 1 is 1.47 bits per heavy atom. The zero-order valence-electron chi connectivity index (χ0n) is 8.30. The van der Waals surface area contributed by atoms with Gasteiger partial charge in [0.2, 0.25) is 0 Å². The number of carbonyl (C=O) groups is 1. The highest BCUT2D eigenvalue weighted by molar-refractivity contribution is 14.1. The highest BCUT2D eigenvalue weighted by atomic mass is 127. The Hall–Kier alpha value is -0.450. The Labute approximate surface area is 102 Å². The van der Waals surface area contributed by atoms with Crippen molar-refractivity contribution >= 4 is 28.4 Å². The molecule has 0 amide bonds. The third-order valence-corrected chi connectivity index (χ3v) is 3.82. The van der Waals surface area contributed by atoms with Gasteiger partial charge >= 0.3 is 0 Å². The molecule has 1 aliphatic rings. The highest BCUT2D eigenvalue weighted by Crippen LogP contribution is 2.31. The molecule has 0 aliphatic heterocycles. The first kappa shape index (κ1) is 11.0. The van der Waals surface area contributed by atoms with Crippen LogP contribution in [0.5, 0.6) is 0 Å². The van der Waals surface area contributed by atoms with Crippen LogP contribution in [0.3, 0.4) is 0 Å². The topological polar surface area (TPSA) is 17.1 Å². The maximum atomic E-state index is 12.8. The number of ketones is 1. The molecule has 1 aromatic rings. The maximum Gasteiger partial charge on any atom is 0.164 e. The molecule has 1 aliphatic carbocycles. The number of Topliss-reactive ketones (excluding diaryl/α,β-unsaturated/α-hetero) is 1. The van der Waals surface area contributed by atoms with Crippen LogP contribution in [0, 0.1) is 15.3 Å². The van der Waals surface area contributed by atoms with E-state index >= 15 is 0 Å². The second-order valence-corrected chi connectivity index (χ2v) is 5.21. The summed E-state index contributed by atoms with van der Waals surface area (Å²) in [6.45, 7) is 0. The third-order valence-electron chi connectivity index (χ3n) is 2.93. The van der Waals surface area contributed by atoms with Crippen molar-refractivity contribution in [3.8, 4) is 0 Å². The average molecular weight is 318 g/mol. The van der Waals surface area contributed by atoms with Gasteiger partial charge in [-0.05, 0) is 46.7 Å². The van der Waals surface area contributed by atoms with Gasteiger partial charge < -0.3 is 0 Å². The molecule has 0 saturated heterocycles. The Bertz CT molecular complexity index is 385. The van der Waals surface area contributed by atoms with Gasteiger partial charge in [-0.15, -0.1) is 0 Å². The normalized spacial score (nSPS) is 16.1. The van der Waals surface area contributed by atoms with Gasteiger partial charge in [0.1, 0.15) is 5.82 Å². The van der Waals surface area contributed by atoms with Crippen LogP contribution in [0.15, 0.2) is 18.2 Å². The number of hydrogen-bond acceptors (Lipinski definition) is 1. The van der Waals surface area contributed by atoms with Crippen molar-refractivity contribution < 1.29 is 9.18 Å². The van der Waals surface area contributed by atoms with Crippen LogP contribution >= 0.6 is 22.6 Å². The standard InChI is InChI=1S/C12H12FIO/c13-9-4-5-10(11(14)7-9)12(15)6-8-2-1-3-8/h4-5,7-8H,1-3,6H2. The van der Waals surface area contributed by atoms with Crippen molar-refractivity contribution in [3.63, 3.8) is 0 Å². The van der Waals surface area contributed by atoms with Crippen molar-refractivity contribution in [2.45, 2.75) is 25.7 Å². The van der Waals surface area contributed by atoms with E-state index in [1.54, 1.807) is 6.07 Å². The highest BCUT2D eigenvalue weighted by Gasteiger charge is 2.22. The van der Waals surface area contributed by atoms with Gasteiger partial charge in [-0.1, -0.05) is 19.3 Å². The molecular formula is C12H12FIO. The summed E-state index contributed by atoms with van der Waals surface area (Å²) in [5.41, 5.74) is 0.670. The Morgan fingerprint density at radius 3 is 2.73 bits per heavy atom. The van der Waals surface area contributed by atoms with E-state index in [0.717, 1.165) is 3.57 Å².